The van der Waals surface area contributed by atoms with Crippen LogP contribution < -0.4 is 5.73 Å². The van der Waals surface area contributed by atoms with Crippen LogP contribution in [0.25, 0.3) is 0 Å². The Morgan fingerprint density at radius 2 is 2.00 bits per heavy atom. The fourth-order valence-corrected chi connectivity index (χ4v) is 4.13. The first-order valence-electron chi connectivity index (χ1n) is 5.97. The lowest BCUT2D eigenvalue weighted by Gasteiger charge is -2.20. The lowest BCUT2D eigenvalue weighted by molar-refractivity contribution is -0.137. The molecule has 0 aromatic heterocycles. The molecule has 1 rings (SSSR count). The van der Waals surface area contributed by atoms with E-state index in [0.717, 1.165) is 34.3 Å². The van der Waals surface area contributed by atoms with E-state index in [1.54, 1.807) is 6.26 Å². The molecule has 0 saturated heterocycles. The van der Waals surface area contributed by atoms with Gasteiger partial charge in [0.2, 0.25) is 15.9 Å². The fraction of sp³-hybridized carbons (Fsp3) is 0.417. The van der Waals surface area contributed by atoms with Gasteiger partial charge < -0.3 is 5.73 Å². The minimum absolute atomic E-state index is 0.00889. The Balaban J connectivity index is 3.02. The smallest absolute Gasteiger partial charge is 0.369 e. The van der Waals surface area contributed by atoms with Crippen LogP contribution in [-0.2, 0) is 26.7 Å². The van der Waals surface area contributed by atoms with Crippen molar-refractivity contribution >= 4 is 27.7 Å². The van der Waals surface area contributed by atoms with Crippen molar-refractivity contribution in [1.82, 2.24) is 4.31 Å². The number of halogens is 3. The van der Waals surface area contributed by atoms with Crippen molar-refractivity contribution in [1.29, 1.82) is 0 Å². The van der Waals surface area contributed by atoms with Gasteiger partial charge in [0.25, 0.3) is 0 Å². The number of thioether (sulfide) groups is 1. The second-order valence-electron chi connectivity index (χ2n) is 4.45. The average molecular weight is 356 g/mol. The zero-order valence-corrected chi connectivity index (χ0v) is 13.3. The molecule has 1 aromatic carbocycles. The van der Waals surface area contributed by atoms with Gasteiger partial charge in [0, 0.05) is 0 Å². The molecule has 0 bridgehead atoms. The van der Waals surface area contributed by atoms with Crippen molar-refractivity contribution < 1.29 is 26.4 Å². The average Bonchev–Trinajstić information content (AvgIpc) is 2.36. The quantitative estimate of drug-likeness (QED) is 0.753. The summed E-state index contributed by atoms with van der Waals surface area (Å²) >= 11 is 1.16. The lowest BCUT2D eigenvalue weighted by atomic mass is 10.1. The molecule has 1 aromatic rings. The summed E-state index contributed by atoms with van der Waals surface area (Å²) in [5.74, 6) is -1.48. The van der Waals surface area contributed by atoms with Crippen LogP contribution in [-0.4, -0.2) is 37.3 Å². The Kier molecular flexibility index (Phi) is 6.27. The van der Waals surface area contributed by atoms with E-state index in [2.05, 4.69) is 0 Å². The van der Waals surface area contributed by atoms with Crippen molar-refractivity contribution in [2.24, 2.45) is 5.73 Å². The van der Waals surface area contributed by atoms with E-state index >= 15 is 0 Å². The van der Waals surface area contributed by atoms with Crippen LogP contribution in [0, 0.1) is 0 Å². The predicted molar refractivity (Wildman–Crippen MR) is 78.4 cm³/mol. The van der Waals surface area contributed by atoms with Gasteiger partial charge in [-0.2, -0.15) is 17.5 Å². The number of amides is 1. The molecular weight excluding hydrogens is 341 g/mol. The third-order valence-electron chi connectivity index (χ3n) is 2.60. The topological polar surface area (TPSA) is 80.5 Å². The van der Waals surface area contributed by atoms with Gasteiger partial charge in [0.1, 0.15) is 0 Å². The number of sulfonamides is 1. The van der Waals surface area contributed by atoms with E-state index in [-0.39, 0.29) is 11.4 Å². The van der Waals surface area contributed by atoms with E-state index < -0.39 is 40.0 Å². The van der Waals surface area contributed by atoms with Crippen molar-refractivity contribution in [3.05, 3.63) is 35.4 Å². The number of nitrogens with zero attached hydrogens (tertiary/aromatic N) is 1. The molecule has 0 aliphatic carbocycles. The second kappa shape index (κ2) is 7.34. The molecule has 0 fully saturated rings. The molecule has 0 heterocycles. The Hall–Kier alpha value is -1.26. The number of nitrogens with two attached hydrogens (primary N) is 1. The van der Waals surface area contributed by atoms with E-state index in [9.17, 15) is 26.4 Å². The first-order chi connectivity index (χ1) is 10.1. The Morgan fingerprint density at radius 1 is 1.36 bits per heavy atom. The zero-order valence-electron chi connectivity index (χ0n) is 11.6. The molecule has 0 aliphatic rings. The Bertz CT molecular complexity index is 633. The summed E-state index contributed by atoms with van der Waals surface area (Å²) in [5, 5.41) is 0. The van der Waals surface area contributed by atoms with Gasteiger partial charge >= 0.3 is 6.18 Å². The standard InChI is InChI=1S/C12H15F3N2O3S2/c1-21-8-17(6-11(16)18)22(19,20)7-9-3-2-4-10(5-9)12(13,14)15/h2-5H,6-8H2,1H3,(H2,16,18). The van der Waals surface area contributed by atoms with E-state index in [4.69, 9.17) is 5.73 Å². The number of hydrogen-bond donors (Lipinski definition) is 1. The van der Waals surface area contributed by atoms with Gasteiger partial charge in [-0.1, -0.05) is 18.2 Å². The SMILES string of the molecule is CSCN(CC(N)=O)S(=O)(=O)Cc1cccc(C(F)(F)F)c1. The van der Waals surface area contributed by atoms with Crippen molar-refractivity contribution in [3.63, 3.8) is 0 Å². The maximum absolute atomic E-state index is 12.6. The van der Waals surface area contributed by atoms with Gasteiger partial charge in [0.15, 0.2) is 0 Å². The summed E-state index contributed by atoms with van der Waals surface area (Å²) in [5.41, 5.74) is 4.06. The summed E-state index contributed by atoms with van der Waals surface area (Å²) in [6.45, 7) is -0.512. The van der Waals surface area contributed by atoms with Crippen LogP contribution in [0.4, 0.5) is 13.2 Å². The summed E-state index contributed by atoms with van der Waals surface area (Å²) in [7, 11) is -3.95. The van der Waals surface area contributed by atoms with E-state index in [0.29, 0.717) is 0 Å². The molecule has 0 saturated carbocycles. The highest BCUT2D eigenvalue weighted by Gasteiger charge is 2.31. The van der Waals surface area contributed by atoms with Crippen LogP contribution in [0.3, 0.4) is 0 Å². The van der Waals surface area contributed by atoms with Crippen LogP contribution in [0.5, 0.6) is 0 Å². The molecular formula is C12H15F3N2O3S2. The van der Waals surface area contributed by atoms with Gasteiger partial charge in [-0.05, 0) is 17.9 Å². The summed E-state index contributed by atoms with van der Waals surface area (Å²) in [6, 6.07) is 4.06. The first-order valence-corrected chi connectivity index (χ1v) is 8.98. The van der Waals surface area contributed by atoms with Crippen LogP contribution in [0.1, 0.15) is 11.1 Å². The summed E-state index contributed by atoms with van der Waals surface area (Å²) in [4.78, 5) is 10.9. The molecule has 1 amide bonds. The number of rotatable bonds is 7. The molecule has 2 N–H and O–H groups in total. The Morgan fingerprint density at radius 3 is 2.50 bits per heavy atom. The fourth-order valence-electron chi connectivity index (χ4n) is 1.68. The van der Waals surface area contributed by atoms with Gasteiger partial charge in [0.05, 0.1) is 23.7 Å². The predicted octanol–water partition coefficient (Wildman–Crippen LogP) is 1.64. The van der Waals surface area contributed by atoms with Gasteiger partial charge in [-0.15, -0.1) is 11.8 Å². The highest BCUT2D eigenvalue weighted by molar-refractivity contribution is 7.99. The molecule has 5 nitrogen and oxygen atoms in total. The van der Waals surface area contributed by atoms with Crippen molar-refractivity contribution in [3.8, 4) is 0 Å². The molecule has 124 valence electrons. The molecule has 0 atom stereocenters. The molecule has 10 heteroatoms. The lowest BCUT2D eigenvalue weighted by Crippen LogP contribution is -2.38. The van der Waals surface area contributed by atoms with Crippen LogP contribution in [0.15, 0.2) is 24.3 Å². The van der Waals surface area contributed by atoms with Crippen LogP contribution >= 0.6 is 11.8 Å². The van der Waals surface area contributed by atoms with E-state index in [1.165, 1.54) is 6.07 Å². The van der Waals surface area contributed by atoms with Crippen molar-refractivity contribution in [2.45, 2.75) is 11.9 Å². The number of carbonyl (C=O) groups is 1. The van der Waals surface area contributed by atoms with E-state index in [1.807, 2.05) is 0 Å². The molecule has 0 radical (unpaired) electrons. The summed E-state index contributed by atoms with van der Waals surface area (Å²) < 4.78 is 63.2. The number of benzene rings is 1. The Labute approximate surface area is 130 Å². The number of primary amides is 1. The minimum atomic E-state index is -4.55. The molecule has 22 heavy (non-hydrogen) atoms. The number of carbonyl (C=O) groups excluding carboxylic acids is 1. The number of hydrogen-bond acceptors (Lipinski definition) is 4. The first kappa shape index (κ1) is 18.8. The highest BCUT2D eigenvalue weighted by Crippen LogP contribution is 2.30. The number of alkyl halides is 3. The third kappa shape index (κ3) is 5.50. The van der Waals surface area contributed by atoms with Crippen molar-refractivity contribution in [2.75, 3.05) is 18.7 Å². The molecule has 0 spiro atoms. The zero-order chi connectivity index (χ0) is 17.0. The molecule has 0 aliphatic heterocycles. The maximum Gasteiger partial charge on any atom is 0.416 e. The second-order valence-corrected chi connectivity index (χ2v) is 7.25. The summed E-state index contributed by atoms with van der Waals surface area (Å²) in [6.07, 6.45) is -2.92. The van der Waals surface area contributed by atoms with Gasteiger partial charge in [-0.25, -0.2) is 8.42 Å². The van der Waals surface area contributed by atoms with Crippen LogP contribution in [0.2, 0.25) is 0 Å². The highest BCUT2D eigenvalue weighted by atomic mass is 32.2. The minimum Gasteiger partial charge on any atom is -0.369 e. The monoisotopic (exact) mass is 356 g/mol. The maximum atomic E-state index is 12.6. The van der Waals surface area contributed by atoms with Gasteiger partial charge in [-0.3, -0.25) is 4.79 Å². The molecule has 0 unspecified atom stereocenters. The normalized spacial score (nSPS) is 12.6. The third-order valence-corrected chi connectivity index (χ3v) is 5.08. The largest absolute Gasteiger partial charge is 0.416 e.